The smallest absolute Gasteiger partial charge is 0.226 e. The van der Waals surface area contributed by atoms with Crippen LogP contribution in [0.4, 0.5) is 5.82 Å². The molecule has 6 heteroatoms. The molecule has 1 N–H and O–H groups in total. The number of amides is 1. The quantitative estimate of drug-likeness (QED) is 0.942. The summed E-state index contributed by atoms with van der Waals surface area (Å²) in [5, 5.41) is 7.38. The molecule has 0 spiro atoms. The van der Waals surface area contributed by atoms with Gasteiger partial charge in [-0.25, -0.2) is 4.68 Å². The lowest BCUT2D eigenvalue weighted by Gasteiger charge is -2.25. The SMILES string of the molecule is COc1ccc(C2CC(=O)Nc3c2cnn3C(C)C)cc1OC. The molecule has 1 atom stereocenters. The molecule has 0 fully saturated rings. The normalized spacial score (nSPS) is 16.9. The van der Waals surface area contributed by atoms with Crippen LogP contribution in [0.15, 0.2) is 24.4 Å². The summed E-state index contributed by atoms with van der Waals surface area (Å²) in [6.07, 6.45) is 2.24. The minimum atomic E-state index is -0.0361. The van der Waals surface area contributed by atoms with Crippen molar-refractivity contribution in [3.63, 3.8) is 0 Å². The average Bonchev–Trinajstić information content (AvgIpc) is 2.97. The third kappa shape index (κ3) is 2.65. The Hall–Kier alpha value is -2.50. The monoisotopic (exact) mass is 315 g/mol. The number of nitrogens with one attached hydrogen (secondary N) is 1. The molecule has 23 heavy (non-hydrogen) atoms. The van der Waals surface area contributed by atoms with Gasteiger partial charge in [0.05, 0.1) is 20.4 Å². The lowest BCUT2D eigenvalue weighted by Crippen LogP contribution is -2.25. The van der Waals surface area contributed by atoms with Crippen LogP contribution in [0.1, 0.15) is 43.4 Å². The molecule has 0 aliphatic carbocycles. The number of benzene rings is 1. The molecule has 0 saturated heterocycles. The summed E-state index contributed by atoms with van der Waals surface area (Å²) in [6.45, 7) is 4.08. The van der Waals surface area contributed by atoms with Gasteiger partial charge in [0.15, 0.2) is 11.5 Å². The predicted molar refractivity (Wildman–Crippen MR) is 87.2 cm³/mol. The second kappa shape index (κ2) is 5.95. The summed E-state index contributed by atoms with van der Waals surface area (Å²) in [5.41, 5.74) is 2.05. The number of methoxy groups -OCH3 is 2. The standard InChI is InChI=1S/C17H21N3O3/c1-10(2)20-17-13(9-18-20)12(8-16(21)19-17)11-5-6-14(22-3)15(7-11)23-4/h5-7,9-10,12H,8H2,1-4H3,(H,19,21). The molecule has 1 amide bonds. The van der Waals surface area contributed by atoms with Gasteiger partial charge in [-0.3, -0.25) is 4.79 Å². The summed E-state index contributed by atoms with van der Waals surface area (Å²) >= 11 is 0. The van der Waals surface area contributed by atoms with Crippen LogP contribution in [0.25, 0.3) is 0 Å². The van der Waals surface area contributed by atoms with Gasteiger partial charge in [-0.15, -0.1) is 0 Å². The first-order chi connectivity index (χ1) is 11.0. The number of rotatable bonds is 4. The topological polar surface area (TPSA) is 65.4 Å². The third-order valence-corrected chi connectivity index (χ3v) is 4.15. The van der Waals surface area contributed by atoms with Gasteiger partial charge in [-0.05, 0) is 31.5 Å². The van der Waals surface area contributed by atoms with Gasteiger partial charge >= 0.3 is 0 Å². The van der Waals surface area contributed by atoms with Gasteiger partial charge in [0.25, 0.3) is 0 Å². The van der Waals surface area contributed by atoms with Crippen molar-refractivity contribution in [3.8, 4) is 11.5 Å². The van der Waals surface area contributed by atoms with Crippen molar-refractivity contribution >= 4 is 11.7 Å². The van der Waals surface area contributed by atoms with Crippen LogP contribution in [0.3, 0.4) is 0 Å². The molecule has 1 aromatic heterocycles. The van der Waals surface area contributed by atoms with E-state index in [4.69, 9.17) is 9.47 Å². The molecule has 1 aliphatic rings. The Kier molecular flexibility index (Phi) is 3.98. The Morgan fingerprint density at radius 3 is 2.65 bits per heavy atom. The van der Waals surface area contributed by atoms with Gasteiger partial charge in [-0.2, -0.15) is 5.10 Å². The molecule has 0 radical (unpaired) electrons. The molecular formula is C17H21N3O3. The molecule has 3 rings (SSSR count). The highest BCUT2D eigenvalue weighted by Crippen LogP contribution is 2.40. The van der Waals surface area contributed by atoms with E-state index in [9.17, 15) is 4.79 Å². The fourth-order valence-electron chi connectivity index (χ4n) is 3.00. The van der Waals surface area contributed by atoms with Crippen molar-refractivity contribution < 1.29 is 14.3 Å². The first-order valence-electron chi connectivity index (χ1n) is 7.64. The van der Waals surface area contributed by atoms with E-state index in [1.54, 1.807) is 14.2 Å². The van der Waals surface area contributed by atoms with Gasteiger partial charge in [0.2, 0.25) is 5.91 Å². The van der Waals surface area contributed by atoms with Crippen LogP contribution in [0.2, 0.25) is 0 Å². The summed E-state index contributed by atoms with van der Waals surface area (Å²) in [6, 6.07) is 5.95. The van der Waals surface area contributed by atoms with E-state index in [1.807, 2.05) is 42.9 Å². The Morgan fingerprint density at radius 1 is 1.26 bits per heavy atom. The van der Waals surface area contributed by atoms with E-state index in [2.05, 4.69) is 10.4 Å². The van der Waals surface area contributed by atoms with Crippen LogP contribution in [0.5, 0.6) is 11.5 Å². The molecule has 2 heterocycles. The number of carbonyl (C=O) groups is 1. The number of anilines is 1. The number of hydrogen-bond acceptors (Lipinski definition) is 4. The summed E-state index contributed by atoms with van der Waals surface area (Å²) in [7, 11) is 3.22. The van der Waals surface area contributed by atoms with Crippen LogP contribution < -0.4 is 14.8 Å². The maximum absolute atomic E-state index is 12.2. The second-order valence-corrected chi connectivity index (χ2v) is 5.91. The fraction of sp³-hybridized carbons (Fsp3) is 0.412. The lowest BCUT2D eigenvalue weighted by atomic mass is 9.87. The Morgan fingerprint density at radius 2 is 2.00 bits per heavy atom. The summed E-state index contributed by atoms with van der Waals surface area (Å²) < 4.78 is 12.5. The van der Waals surface area contributed by atoms with Crippen molar-refractivity contribution in [1.82, 2.24) is 9.78 Å². The Labute approximate surface area is 135 Å². The van der Waals surface area contributed by atoms with E-state index in [1.165, 1.54) is 0 Å². The molecule has 6 nitrogen and oxygen atoms in total. The number of carbonyl (C=O) groups excluding carboxylic acids is 1. The van der Waals surface area contributed by atoms with Crippen molar-refractivity contribution in [3.05, 3.63) is 35.5 Å². The molecule has 2 aromatic rings. The van der Waals surface area contributed by atoms with Crippen LogP contribution >= 0.6 is 0 Å². The Bertz CT molecular complexity index is 737. The number of fused-ring (bicyclic) bond motifs is 1. The zero-order chi connectivity index (χ0) is 16.6. The van der Waals surface area contributed by atoms with E-state index < -0.39 is 0 Å². The highest BCUT2D eigenvalue weighted by Gasteiger charge is 2.31. The van der Waals surface area contributed by atoms with Gasteiger partial charge in [-0.1, -0.05) is 6.07 Å². The molecule has 1 unspecified atom stereocenters. The third-order valence-electron chi connectivity index (χ3n) is 4.15. The number of ether oxygens (including phenoxy) is 2. The minimum absolute atomic E-state index is 0.000292. The van der Waals surface area contributed by atoms with Crippen molar-refractivity contribution in [2.24, 2.45) is 0 Å². The zero-order valence-corrected chi connectivity index (χ0v) is 13.8. The first-order valence-corrected chi connectivity index (χ1v) is 7.64. The van der Waals surface area contributed by atoms with Crippen LogP contribution in [-0.4, -0.2) is 29.9 Å². The van der Waals surface area contributed by atoms with Crippen molar-refractivity contribution in [2.45, 2.75) is 32.2 Å². The average molecular weight is 315 g/mol. The highest BCUT2D eigenvalue weighted by molar-refractivity contribution is 5.94. The number of hydrogen-bond donors (Lipinski definition) is 1. The molecule has 0 saturated carbocycles. The first kappa shape index (κ1) is 15.4. The van der Waals surface area contributed by atoms with E-state index >= 15 is 0 Å². The van der Waals surface area contributed by atoms with Gasteiger partial charge in [0.1, 0.15) is 5.82 Å². The fourth-order valence-corrected chi connectivity index (χ4v) is 3.00. The minimum Gasteiger partial charge on any atom is -0.493 e. The number of aromatic nitrogens is 2. The van der Waals surface area contributed by atoms with Crippen LogP contribution in [0, 0.1) is 0 Å². The second-order valence-electron chi connectivity index (χ2n) is 5.91. The molecule has 0 bridgehead atoms. The maximum Gasteiger partial charge on any atom is 0.226 e. The van der Waals surface area contributed by atoms with E-state index in [-0.39, 0.29) is 17.9 Å². The van der Waals surface area contributed by atoms with E-state index in [0.29, 0.717) is 17.9 Å². The zero-order valence-electron chi connectivity index (χ0n) is 13.8. The molecule has 122 valence electrons. The Balaban J connectivity index is 2.06. The van der Waals surface area contributed by atoms with Gasteiger partial charge < -0.3 is 14.8 Å². The lowest BCUT2D eigenvalue weighted by molar-refractivity contribution is -0.116. The molecular weight excluding hydrogens is 294 g/mol. The predicted octanol–water partition coefficient (Wildman–Crippen LogP) is 2.96. The summed E-state index contributed by atoms with van der Waals surface area (Å²) in [4.78, 5) is 12.2. The van der Waals surface area contributed by atoms with Crippen molar-refractivity contribution in [2.75, 3.05) is 19.5 Å². The van der Waals surface area contributed by atoms with Crippen molar-refractivity contribution in [1.29, 1.82) is 0 Å². The summed E-state index contributed by atoms with van der Waals surface area (Å²) in [5.74, 6) is 2.09. The largest absolute Gasteiger partial charge is 0.493 e. The van der Waals surface area contributed by atoms with Gasteiger partial charge in [0, 0.05) is 23.9 Å². The maximum atomic E-state index is 12.2. The van der Waals surface area contributed by atoms with E-state index in [0.717, 1.165) is 16.9 Å². The highest BCUT2D eigenvalue weighted by atomic mass is 16.5. The molecule has 1 aromatic carbocycles. The number of nitrogens with zero attached hydrogens (tertiary/aromatic N) is 2. The molecule has 1 aliphatic heterocycles. The van der Waals surface area contributed by atoms with Crippen LogP contribution in [-0.2, 0) is 4.79 Å².